The predicted octanol–water partition coefficient (Wildman–Crippen LogP) is 9.31. The fourth-order valence-electron chi connectivity index (χ4n) is 6.67. The molecule has 2 nitrogen and oxygen atoms in total. The summed E-state index contributed by atoms with van der Waals surface area (Å²) in [5.74, 6) is 0. The number of benzene rings is 6. The highest BCUT2D eigenvalue weighted by Crippen LogP contribution is 2.54. The van der Waals surface area contributed by atoms with E-state index >= 15 is 0 Å². The van der Waals surface area contributed by atoms with Crippen molar-refractivity contribution in [3.63, 3.8) is 0 Å². The van der Waals surface area contributed by atoms with Crippen molar-refractivity contribution >= 4 is 39.3 Å². The Morgan fingerprint density at radius 2 is 1.05 bits per heavy atom. The van der Waals surface area contributed by atoms with Crippen molar-refractivity contribution in [1.29, 1.82) is 0 Å². The molecule has 1 aliphatic heterocycles. The van der Waals surface area contributed by atoms with Crippen LogP contribution in [0.2, 0.25) is 0 Å². The highest BCUT2D eigenvalue weighted by atomic mass is 31.2. The van der Waals surface area contributed by atoms with Crippen LogP contribution in [0.3, 0.4) is 0 Å². The van der Waals surface area contributed by atoms with E-state index in [-0.39, 0.29) is 0 Å². The van der Waals surface area contributed by atoms with E-state index in [4.69, 9.17) is 4.98 Å². The second-order valence-corrected chi connectivity index (χ2v) is 13.6. The number of fused-ring (bicyclic) bond motifs is 5. The van der Waals surface area contributed by atoms with Crippen molar-refractivity contribution in [2.24, 2.45) is 0 Å². The van der Waals surface area contributed by atoms with E-state index in [1.165, 1.54) is 5.56 Å². The van der Waals surface area contributed by atoms with Crippen LogP contribution in [0, 0.1) is 0 Å². The van der Waals surface area contributed by atoms with Crippen molar-refractivity contribution in [2.75, 3.05) is 6.66 Å². The lowest BCUT2D eigenvalue weighted by atomic mass is 9.85. The quantitative estimate of drug-likeness (QED) is 0.164. The second kappa shape index (κ2) is 9.13. The third-order valence-corrected chi connectivity index (χ3v) is 11.1. The van der Waals surface area contributed by atoms with Crippen LogP contribution in [0.4, 0.5) is 0 Å². The zero-order valence-electron chi connectivity index (χ0n) is 22.6. The van der Waals surface area contributed by atoms with Crippen LogP contribution in [-0.4, -0.2) is 11.6 Å². The molecule has 8 rings (SSSR count). The highest BCUT2D eigenvalue weighted by Gasteiger charge is 2.37. The largest absolute Gasteiger partial charge is 0.314 e. The zero-order chi connectivity index (χ0) is 27.6. The maximum atomic E-state index is 14.6. The lowest BCUT2D eigenvalue weighted by Crippen LogP contribution is -2.11. The molecule has 0 amide bonds. The Kier molecular flexibility index (Phi) is 5.35. The average molecular weight is 544 g/mol. The van der Waals surface area contributed by atoms with Crippen molar-refractivity contribution in [3.05, 3.63) is 140 Å². The van der Waals surface area contributed by atoms with Crippen LogP contribution in [0.5, 0.6) is 0 Å². The van der Waals surface area contributed by atoms with Gasteiger partial charge in [0.2, 0.25) is 0 Å². The molecule has 1 unspecified atom stereocenters. The van der Waals surface area contributed by atoms with Gasteiger partial charge in [-0.1, -0.05) is 127 Å². The average Bonchev–Trinajstić information content (AvgIpc) is 3.27. The summed E-state index contributed by atoms with van der Waals surface area (Å²) in [4.78, 5) is 4.87. The van der Waals surface area contributed by atoms with Crippen molar-refractivity contribution in [2.45, 2.75) is 0 Å². The first kappa shape index (κ1) is 24.1. The van der Waals surface area contributed by atoms with E-state index in [1.807, 2.05) is 49.3 Å². The summed E-state index contributed by atoms with van der Waals surface area (Å²) in [7, 11) is -2.80. The van der Waals surface area contributed by atoms with Gasteiger partial charge in [-0.15, -0.1) is 0 Å². The topological polar surface area (TPSA) is 30.0 Å². The molecule has 2 heterocycles. The molecule has 0 saturated carbocycles. The maximum Gasteiger partial charge on any atom is 0.142 e. The third kappa shape index (κ3) is 3.58. The normalized spacial score (nSPS) is 15.6. The smallest absolute Gasteiger partial charge is 0.142 e. The van der Waals surface area contributed by atoms with Gasteiger partial charge in [-0.05, 0) is 62.1 Å². The zero-order valence-corrected chi connectivity index (χ0v) is 23.5. The number of hydrogen-bond donors (Lipinski definition) is 0. The minimum absolute atomic E-state index is 0.956. The molecule has 194 valence electrons. The van der Waals surface area contributed by atoms with Gasteiger partial charge in [0.15, 0.2) is 0 Å². The summed E-state index contributed by atoms with van der Waals surface area (Å²) in [6.07, 6.45) is 1.99. The first-order chi connectivity index (χ1) is 20.1. The molecule has 0 saturated heterocycles. The van der Waals surface area contributed by atoms with Crippen molar-refractivity contribution in [3.8, 4) is 44.6 Å². The van der Waals surface area contributed by atoms with Crippen LogP contribution in [0.15, 0.2) is 140 Å². The van der Waals surface area contributed by atoms with Gasteiger partial charge in [-0.2, -0.15) is 0 Å². The van der Waals surface area contributed by atoms with E-state index in [0.717, 1.165) is 71.2 Å². The highest BCUT2D eigenvalue weighted by molar-refractivity contribution is 7.79. The Morgan fingerprint density at radius 3 is 1.71 bits per heavy atom. The van der Waals surface area contributed by atoms with Gasteiger partial charge in [-0.3, -0.25) is 4.98 Å². The van der Waals surface area contributed by atoms with E-state index in [9.17, 15) is 4.57 Å². The fourth-order valence-corrected chi connectivity index (χ4v) is 9.23. The number of rotatable bonds is 3. The number of pyridine rings is 1. The molecule has 1 aromatic heterocycles. The fraction of sp³-hybridized carbons (Fsp3) is 0.0263. The van der Waals surface area contributed by atoms with Gasteiger partial charge in [0.1, 0.15) is 7.14 Å². The Morgan fingerprint density at radius 1 is 0.488 bits per heavy atom. The number of nitrogens with zero attached hydrogens (tertiary/aromatic N) is 1. The molecule has 0 aliphatic carbocycles. The van der Waals surface area contributed by atoms with Gasteiger partial charge < -0.3 is 4.57 Å². The molecular weight excluding hydrogens is 517 g/mol. The maximum absolute atomic E-state index is 14.6. The lowest BCUT2D eigenvalue weighted by molar-refractivity contribution is 0.591. The summed E-state index contributed by atoms with van der Waals surface area (Å²) in [6.45, 7) is 1.93. The number of hydrogen-bond acceptors (Lipinski definition) is 2. The van der Waals surface area contributed by atoms with E-state index in [0.29, 0.717) is 0 Å². The predicted molar refractivity (Wildman–Crippen MR) is 174 cm³/mol. The molecule has 3 heteroatoms. The van der Waals surface area contributed by atoms with Gasteiger partial charge in [0.05, 0.1) is 5.69 Å². The molecule has 6 aromatic carbocycles. The van der Waals surface area contributed by atoms with Crippen LogP contribution < -0.4 is 10.6 Å². The molecule has 0 bridgehead atoms. The van der Waals surface area contributed by atoms with Crippen molar-refractivity contribution in [1.82, 2.24) is 4.98 Å². The summed E-state index contributed by atoms with van der Waals surface area (Å²) in [5.41, 5.74) is 8.68. The minimum Gasteiger partial charge on any atom is -0.314 e. The van der Waals surface area contributed by atoms with E-state index in [1.54, 1.807) is 0 Å². The van der Waals surface area contributed by atoms with Crippen LogP contribution in [-0.2, 0) is 4.57 Å². The molecule has 1 aliphatic rings. The van der Waals surface area contributed by atoms with Gasteiger partial charge in [0.25, 0.3) is 0 Å². The summed E-state index contributed by atoms with van der Waals surface area (Å²) in [6, 6.07) is 46.4. The molecule has 0 spiro atoms. The molecule has 0 fully saturated rings. The molecule has 7 aromatic rings. The van der Waals surface area contributed by atoms with Crippen LogP contribution >= 0.6 is 7.14 Å². The molecule has 1 atom stereocenters. The van der Waals surface area contributed by atoms with Crippen LogP contribution in [0.25, 0.3) is 66.2 Å². The lowest BCUT2D eigenvalue weighted by Gasteiger charge is -2.20. The summed E-state index contributed by atoms with van der Waals surface area (Å²) < 4.78 is 14.6. The molecule has 41 heavy (non-hydrogen) atoms. The second-order valence-electron chi connectivity index (χ2n) is 10.8. The standard InChI is InChI=1S/C38H26NOP/c1-41(40)35-21-10-9-14-27(35)32-19-11-20-33(38(32)41)37-30-17-7-5-15-28(30)36(29-16-6-8-18-31(29)37)26-22-23-34(39-24-26)25-12-3-2-4-13-25/h2-24H,1H3. The first-order valence-corrected chi connectivity index (χ1v) is 16.0. The molecular formula is C38H26NOP. The van der Waals surface area contributed by atoms with Crippen LogP contribution in [0.1, 0.15) is 0 Å². The van der Waals surface area contributed by atoms with Crippen molar-refractivity contribution < 1.29 is 4.57 Å². The SMILES string of the molecule is CP1(=O)c2ccccc2-c2cccc(-c3c4ccccc4c(-c4ccc(-c5ccccc5)nc4)c4ccccc34)c21. The monoisotopic (exact) mass is 543 g/mol. The Bertz CT molecular complexity index is 2130. The summed E-state index contributed by atoms with van der Waals surface area (Å²) >= 11 is 0. The minimum atomic E-state index is -2.80. The molecule has 0 N–H and O–H groups in total. The third-order valence-electron chi connectivity index (χ3n) is 8.44. The Hall–Kier alpha value is -4.78. The Balaban J connectivity index is 1.43. The first-order valence-electron chi connectivity index (χ1n) is 13.9. The van der Waals surface area contributed by atoms with Gasteiger partial charge >= 0.3 is 0 Å². The Labute approximate surface area is 239 Å². The van der Waals surface area contributed by atoms with Gasteiger partial charge in [0, 0.05) is 27.9 Å². The van der Waals surface area contributed by atoms with E-state index in [2.05, 4.69) is 97.1 Å². The number of aromatic nitrogens is 1. The molecule has 0 radical (unpaired) electrons. The van der Waals surface area contributed by atoms with Gasteiger partial charge in [-0.25, -0.2) is 0 Å². The summed E-state index contributed by atoms with van der Waals surface area (Å²) in [5, 5.41) is 6.55. The van der Waals surface area contributed by atoms with E-state index < -0.39 is 7.14 Å².